The number of rotatable bonds is 8. The SMILES string of the molecule is NNC(=O)CCOC1=C(OCCC(=O)NN)CCCC1. The van der Waals surface area contributed by atoms with Crippen molar-refractivity contribution in [3.8, 4) is 0 Å². The Balaban J connectivity index is 2.40. The highest BCUT2D eigenvalue weighted by molar-refractivity contribution is 5.75. The molecule has 0 aliphatic heterocycles. The summed E-state index contributed by atoms with van der Waals surface area (Å²) < 4.78 is 11.1. The summed E-state index contributed by atoms with van der Waals surface area (Å²) in [7, 11) is 0. The fraction of sp³-hybridized carbons (Fsp3) is 0.667. The van der Waals surface area contributed by atoms with Crippen LogP contribution in [0.2, 0.25) is 0 Å². The smallest absolute Gasteiger partial charge is 0.237 e. The fourth-order valence-electron chi connectivity index (χ4n) is 1.83. The van der Waals surface area contributed by atoms with E-state index in [1.807, 2.05) is 10.9 Å². The summed E-state index contributed by atoms with van der Waals surface area (Å²) in [5.41, 5.74) is 4.09. The average molecular weight is 286 g/mol. The van der Waals surface area contributed by atoms with E-state index in [4.69, 9.17) is 21.2 Å². The van der Waals surface area contributed by atoms with Gasteiger partial charge >= 0.3 is 0 Å². The number of hydrogen-bond donors (Lipinski definition) is 4. The molecule has 1 rings (SSSR count). The lowest BCUT2D eigenvalue weighted by Crippen LogP contribution is -2.31. The highest BCUT2D eigenvalue weighted by atomic mass is 16.5. The topological polar surface area (TPSA) is 129 Å². The molecular formula is C12H22N4O4. The second kappa shape index (κ2) is 9.16. The van der Waals surface area contributed by atoms with Gasteiger partial charge in [-0.1, -0.05) is 0 Å². The van der Waals surface area contributed by atoms with Crippen molar-refractivity contribution in [2.75, 3.05) is 13.2 Å². The first-order chi connectivity index (χ1) is 9.67. The average Bonchev–Trinajstić information content (AvgIpc) is 2.48. The molecule has 0 atom stereocenters. The van der Waals surface area contributed by atoms with E-state index in [0.29, 0.717) is 0 Å². The predicted molar refractivity (Wildman–Crippen MR) is 71.3 cm³/mol. The highest BCUT2D eigenvalue weighted by Gasteiger charge is 2.16. The molecule has 0 aromatic heterocycles. The molecule has 8 heteroatoms. The van der Waals surface area contributed by atoms with Gasteiger partial charge in [0.25, 0.3) is 0 Å². The Morgan fingerprint density at radius 3 is 1.65 bits per heavy atom. The molecule has 1 aliphatic carbocycles. The number of ether oxygens (including phenoxy) is 2. The van der Waals surface area contributed by atoms with Crippen LogP contribution in [-0.4, -0.2) is 25.0 Å². The summed E-state index contributed by atoms with van der Waals surface area (Å²) >= 11 is 0. The summed E-state index contributed by atoms with van der Waals surface area (Å²) in [5, 5.41) is 0. The van der Waals surface area contributed by atoms with E-state index in [-0.39, 0.29) is 37.9 Å². The standard InChI is InChI=1S/C12H22N4O4/c13-15-11(17)5-7-19-9-3-1-2-4-10(9)20-8-6-12(18)16-14/h1-8,13-14H2,(H,15,17)(H,16,18). The number of allylic oxidation sites excluding steroid dienone is 2. The quantitative estimate of drug-likeness (QED) is 0.272. The van der Waals surface area contributed by atoms with Gasteiger partial charge in [0.1, 0.15) is 11.5 Å². The van der Waals surface area contributed by atoms with E-state index in [9.17, 15) is 9.59 Å². The Morgan fingerprint density at radius 2 is 1.30 bits per heavy atom. The molecule has 0 aromatic carbocycles. The molecular weight excluding hydrogens is 264 g/mol. The van der Waals surface area contributed by atoms with Crippen molar-refractivity contribution in [2.45, 2.75) is 38.5 Å². The first-order valence-electron chi connectivity index (χ1n) is 6.64. The van der Waals surface area contributed by atoms with Crippen molar-refractivity contribution in [1.29, 1.82) is 0 Å². The normalized spacial score (nSPS) is 14.7. The molecule has 20 heavy (non-hydrogen) atoms. The number of hydrogen-bond acceptors (Lipinski definition) is 6. The van der Waals surface area contributed by atoms with Crippen LogP contribution in [0.15, 0.2) is 11.5 Å². The van der Waals surface area contributed by atoms with Gasteiger partial charge in [0.05, 0.1) is 26.1 Å². The molecule has 1 aliphatic rings. The first-order valence-corrected chi connectivity index (χ1v) is 6.64. The minimum absolute atomic E-state index is 0.197. The van der Waals surface area contributed by atoms with Gasteiger partial charge in [-0.25, -0.2) is 11.7 Å². The molecule has 0 heterocycles. The van der Waals surface area contributed by atoms with Crippen molar-refractivity contribution in [3.05, 3.63) is 11.5 Å². The molecule has 0 unspecified atom stereocenters. The van der Waals surface area contributed by atoms with Gasteiger partial charge in [0, 0.05) is 12.8 Å². The van der Waals surface area contributed by atoms with Crippen LogP contribution >= 0.6 is 0 Å². The summed E-state index contributed by atoms with van der Waals surface area (Å²) in [6.07, 6.45) is 4.00. The number of amides is 2. The van der Waals surface area contributed by atoms with Gasteiger partial charge in [-0.3, -0.25) is 20.4 Å². The maximum atomic E-state index is 11.0. The van der Waals surface area contributed by atoms with E-state index >= 15 is 0 Å². The van der Waals surface area contributed by atoms with Crippen molar-refractivity contribution in [2.24, 2.45) is 11.7 Å². The van der Waals surface area contributed by atoms with Crippen LogP contribution < -0.4 is 22.5 Å². The molecule has 8 nitrogen and oxygen atoms in total. The van der Waals surface area contributed by atoms with Gasteiger partial charge in [-0.05, 0) is 12.8 Å². The van der Waals surface area contributed by atoms with E-state index in [0.717, 1.165) is 37.2 Å². The summed E-state index contributed by atoms with van der Waals surface area (Å²) in [6, 6.07) is 0. The number of carbonyl (C=O) groups is 2. The van der Waals surface area contributed by atoms with Gasteiger partial charge in [0.2, 0.25) is 11.8 Å². The van der Waals surface area contributed by atoms with Crippen molar-refractivity contribution >= 4 is 11.8 Å². The van der Waals surface area contributed by atoms with Crippen LogP contribution in [0.5, 0.6) is 0 Å². The summed E-state index contributed by atoms with van der Waals surface area (Å²) in [6.45, 7) is 0.517. The largest absolute Gasteiger partial charge is 0.494 e. The zero-order chi connectivity index (χ0) is 14.8. The predicted octanol–water partition coefficient (Wildman–Crippen LogP) is -0.435. The highest BCUT2D eigenvalue weighted by Crippen LogP contribution is 2.26. The van der Waals surface area contributed by atoms with Crippen molar-refractivity contribution in [3.63, 3.8) is 0 Å². The van der Waals surface area contributed by atoms with Crippen LogP contribution in [-0.2, 0) is 19.1 Å². The Morgan fingerprint density at radius 1 is 0.900 bits per heavy atom. The molecule has 0 fully saturated rings. The first kappa shape index (κ1) is 16.3. The molecule has 6 N–H and O–H groups in total. The van der Waals surface area contributed by atoms with Crippen LogP contribution in [0.25, 0.3) is 0 Å². The molecule has 0 aromatic rings. The van der Waals surface area contributed by atoms with Crippen LogP contribution in [0.4, 0.5) is 0 Å². The van der Waals surface area contributed by atoms with Gasteiger partial charge in [-0.15, -0.1) is 0 Å². The maximum absolute atomic E-state index is 11.0. The molecule has 0 radical (unpaired) electrons. The van der Waals surface area contributed by atoms with E-state index in [1.165, 1.54) is 0 Å². The third-order valence-electron chi connectivity index (χ3n) is 2.90. The number of nitrogens with two attached hydrogens (primary N) is 2. The Kier molecular flexibility index (Phi) is 7.44. The summed E-state index contributed by atoms with van der Waals surface area (Å²) in [4.78, 5) is 22.0. The molecule has 0 spiro atoms. The lowest BCUT2D eigenvalue weighted by Gasteiger charge is -2.21. The van der Waals surface area contributed by atoms with Crippen molar-refractivity contribution in [1.82, 2.24) is 10.9 Å². The fourth-order valence-corrected chi connectivity index (χ4v) is 1.83. The monoisotopic (exact) mass is 286 g/mol. The molecule has 0 bridgehead atoms. The van der Waals surface area contributed by atoms with E-state index < -0.39 is 0 Å². The van der Waals surface area contributed by atoms with E-state index in [1.54, 1.807) is 0 Å². The lowest BCUT2D eigenvalue weighted by molar-refractivity contribution is -0.123. The minimum atomic E-state index is -0.275. The van der Waals surface area contributed by atoms with Gasteiger partial charge in [0.15, 0.2) is 0 Å². The second-order valence-electron chi connectivity index (χ2n) is 4.39. The Hall–Kier alpha value is -1.80. The maximum Gasteiger partial charge on any atom is 0.237 e. The number of carbonyl (C=O) groups excluding carboxylic acids is 2. The van der Waals surface area contributed by atoms with Crippen molar-refractivity contribution < 1.29 is 19.1 Å². The molecule has 0 saturated carbocycles. The third-order valence-corrected chi connectivity index (χ3v) is 2.90. The zero-order valence-electron chi connectivity index (χ0n) is 11.4. The van der Waals surface area contributed by atoms with Gasteiger partial charge < -0.3 is 9.47 Å². The minimum Gasteiger partial charge on any atom is -0.494 e. The second-order valence-corrected chi connectivity index (χ2v) is 4.39. The van der Waals surface area contributed by atoms with E-state index in [2.05, 4.69) is 0 Å². The number of hydrazine groups is 2. The Bertz CT molecular complexity index is 336. The van der Waals surface area contributed by atoms with Crippen LogP contribution in [0.1, 0.15) is 38.5 Å². The molecule has 2 amide bonds. The molecule has 0 saturated heterocycles. The van der Waals surface area contributed by atoms with Gasteiger partial charge in [-0.2, -0.15) is 0 Å². The molecule has 114 valence electrons. The lowest BCUT2D eigenvalue weighted by atomic mass is 10.0. The third kappa shape index (κ3) is 5.89. The zero-order valence-corrected chi connectivity index (χ0v) is 11.4. The van der Waals surface area contributed by atoms with Crippen LogP contribution in [0.3, 0.4) is 0 Å². The number of nitrogens with one attached hydrogen (secondary N) is 2. The summed E-state index contributed by atoms with van der Waals surface area (Å²) in [5.74, 6) is 10.9. The Labute approximate surface area is 117 Å². The van der Waals surface area contributed by atoms with Crippen LogP contribution in [0, 0.1) is 0 Å².